The van der Waals surface area contributed by atoms with E-state index in [1.807, 2.05) is 42.7 Å². The van der Waals surface area contributed by atoms with E-state index < -0.39 is 0 Å². The maximum atomic E-state index is 4.63. The minimum atomic E-state index is 0.489. The van der Waals surface area contributed by atoms with Gasteiger partial charge in [-0.05, 0) is 37.9 Å². The van der Waals surface area contributed by atoms with Crippen LogP contribution in [0.5, 0.6) is 0 Å². The fraction of sp³-hybridized carbons (Fsp3) is 0.400. The van der Waals surface area contributed by atoms with Gasteiger partial charge in [0.2, 0.25) is 0 Å². The number of fused-ring (bicyclic) bond motifs is 1. The molecule has 116 valence electrons. The Morgan fingerprint density at radius 1 is 1.00 bits per heavy atom. The molecule has 0 N–H and O–H groups in total. The zero-order valence-electron chi connectivity index (χ0n) is 13.4. The molecule has 0 amide bonds. The monoisotopic (exact) mass is 303 g/mol. The maximum absolute atomic E-state index is 4.63. The van der Waals surface area contributed by atoms with Crippen molar-refractivity contribution in [2.75, 3.05) is 13.6 Å². The molecule has 3 heteroatoms. The van der Waals surface area contributed by atoms with Crippen molar-refractivity contribution in [3.63, 3.8) is 0 Å². The van der Waals surface area contributed by atoms with E-state index in [0.29, 0.717) is 5.92 Å². The first-order valence-electron chi connectivity index (χ1n) is 8.40. The SMILES string of the molecule is CN1CC(c2ncc(C#Cc3ccccc3)cn2)C2CCCC21. The van der Waals surface area contributed by atoms with Crippen LogP contribution < -0.4 is 0 Å². The van der Waals surface area contributed by atoms with Gasteiger partial charge in [0.15, 0.2) is 0 Å². The van der Waals surface area contributed by atoms with Crippen molar-refractivity contribution in [2.24, 2.45) is 5.92 Å². The van der Waals surface area contributed by atoms with E-state index in [4.69, 9.17) is 0 Å². The second-order valence-electron chi connectivity index (χ2n) is 6.65. The first-order chi connectivity index (χ1) is 11.3. The topological polar surface area (TPSA) is 29.0 Å². The molecule has 2 aliphatic rings. The van der Waals surface area contributed by atoms with E-state index in [0.717, 1.165) is 35.5 Å². The molecule has 3 atom stereocenters. The molecule has 2 heterocycles. The van der Waals surface area contributed by atoms with Gasteiger partial charge in [0.1, 0.15) is 5.82 Å². The summed E-state index contributed by atoms with van der Waals surface area (Å²) in [6, 6.07) is 10.8. The molecule has 1 aromatic heterocycles. The van der Waals surface area contributed by atoms with Gasteiger partial charge in [0, 0.05) is 36.5 Å². The highest BCUT2D eigenvalue weighted by Gasteiger charge is 2.44. The number of rotatable bonds is 1. The normalized spacial score (nSPS) is 26.6. The van der Waals surface area contributed by atoms with Crippen molar-refractivity contribution >= 4 is 0 Å². The number of aromatic nitrogens is 2. The Bertz CT molecular complexity index is 727. The second kappa shape index (κ2) is 6.14. The highest BCUT2D eigenvalue weighted by molar-refractivity contribution is 5.40. The molecule has 1 aliphatic carbocycles. The molecule has 1 saturated carbocycles. The van der Waals surface area contributed by atoms with Gasteiger partial charge in [-0.2, -0.15) is 0 Å². The van der Waals surface area contributed by atoms with E-state index in [1.54, 1.807) is 0 Å². The molecule has 3 nitrogen and oxygen atoms in total. The van der Waals surface area contributed by atoms with Crippen LogP contribution >= 0.6 is 0 Å². The quantitative estimate of drug-likeness (QED) is 0.758. The van der Waals surface area contributed by atoms with Crippen LogP contribution in [0.2, 0.25) is 0 Å². The minimum absolute atomic E-state index is 0.489. The molecule has 1 aliphatic heterocycles. The molecule has 4 rings (SSSR count). The molecule has 1 saturated heterocycles. The van der Waals surface area contributed by atoms with Gasteiger partial charge >= 0.3 is 0 Å². The molecular weight excluding hydrogens is 282 g/mol. The lowest BCUT2D eigenvalue weighted by atomic mass is 9.92. The molecular formula is C20H21N3. The lowest BCUT2D eigenvalue weighted by Crippen LogP contribution is -2.25. The Balaban J connectivity index is 1.52. The maximum Gasteiger partial charge on any atom is 0.132 e. The predicted molar refractivity (Wildman–Crippen MR) is 91.0 cm³/mol. The predicted octanol–water partition coefficient (Wildman–Crippen LogP) is 3.07. The van der Waals surface area contributed by atoms with Gasteiger partial charge in [0.05, 0.1) is 5.56 Å². The first kappa shape index (κ1) is 14.4. The van der Waals surface area contributed by atoms with Crippen LogP contribution in [0.25, 0.3) is 0 Å². The van der Waals surface area contributed by atoms with Crippen LogP contribution in [0, 0.1) is 17.8 Å². The van der Waals surface area contributed by atoms with Crippen molar-refractivity contribution in [1.29, 1.82) is 0 Å². The van der Waals surface area contributed by atoms with E-state index in [9.17, 15) is 0 Å². The van der Waals surface area contributed by atoms with Crippen LogP contribution in [0.1, 0.15) is 42.1 Å². The largest absolute Gasteiger partial charge is 0.302 e. The summed E-state index contributed by atoms with van der Waals surface area (Å²) >= 11 is 0. The fourth-order valence-electron chi connectivity index (χ4n) is 4.10. The van der Waals surface area contributed by atoms with E-state index in [1.165, 1.54) is 19.3 Å². The molecule has 0 spiro atoms. The Labute approximate surface area is 137 Å². The zero-order valence-corrected chi connectivity index (χ0v) is 13.4. The average molecular weight is 303 g/mol. The number of nitrogens with zero attached hydrogens (tertiary/aromatic N) is 3. The lowest BCUT2D eigenvalue weighted by Gasteiger charge is -2.17. The first-order valence-corrected chi connectivity index (χ1v) is 8.40. The Morgan fingerprint density at radius 3 is 2.52 bits per heavy atom. The summed E-state index contributed by atoms with van der Waals surface area (Å²) < 4.78 is 0. The van der Waals surface area contributed by atoms with Crippen molar-refractivity contribution in [2.45, 2.75) is 31.2 Å². The van der Waals surface area contributed by atoms with Gasteiger partial charge in [-0.1, -0.05) is 36.5 Å². The molecule has 2 aromatic rings. The Morgan fingerprint density at radius 2 is 1.74 bits per heavy atom. The molecule has 1 aromatic carbocycles. The highest BCUT2D eigenvalue weighted by Crippen LogP contribution is 2.44. The molecule has 0 bridgehead atoms. The summed E-state index contributed by atoms with van der Waals surface area (Å²) in [4.78, 5) is 11.7. The zero-order chi connectivity index (χ0) is 15.6. The van der Waals surface area contributed by atoms with Gasteiger partial charge in [-0.15, -0.1) is 0 Å². The third-order valence-electron chi connectivity index (χ3n) is 5.23. The summed E-state index contributed by atoms with van der Waals surface area (Å²) in [6.45, 7) is 1.09. The smallest absolute Gasteiger partial charge is 0.132 e. The van der Waals surface area contributed by atoms with Gasteiger partial charge < -0.3 is 4.90 Å². The summed E-state index contributed by atoms with van der Waals surface area (Å²) in [5, 5.41) is 0. The highest BCUT2D eigenvalue weighted by atomic mass is 15.2. The average Bonchev–Trinajstić information content (AvgIpc) is 3.19. The van der Waals surface area contributed by atoms with Gasteiger partial charge in [0.25, 0.3) is 0 Å². The number of likely N-dealkylation sites (tertiary alicyclic amines) is 1. The van der Waals surface area contributed by atoms with Crippen LogP contribution in [0.3, 0.4) is 0 Å². The fourth-order valence-corrected chi connectivity index (χ4v) is 4.10. The van der Waals surface area contributed by atoms with Crippen molar-refractivity contribution in [3.05, 3.63) is 59.7 Å². The Hall–Kier alpha value is -2.18. The van der Waals surface area contributed by atoms with Crippen LogP contribution in [0.15, 0.2) is 42.7 Å². The molecule has 2 fully saturated rings. The van der Waals surface area contributed by atoms with E-state index in [-0.39, 0.29) is 0 Å². The van der Waals surface area contributed by atoms with Crippen molar-refractivity contribution in [1.82, 2.24) is 14.9 Å². The molecule has 23 heavy (non-hydrogen) atoms. The number of benzene rings is 1. The van der Waals surface area contributed by atoms with Crippen LogP contribution in [0.4, 0.5) is 0 Å². The minimum Gasteiger partial charge on any atom is -0.302 e. The summed E-state index contributed by atoms with van der Waals surface area (Å²) in [5.41, 5.74) is 1.90. The van der Waals surface area contributed by atoms with Gasteiger partial charge in [-0.3, -0.25) is 0 Å². The third kappa shape index (κ3) is 2.87. The summed E-state index contributed by atoms with van der Waals surface area (Å²) in [7, 11) is 2.24. The van der Waals surface area contributed by atoms with Crippen molar-refractivity contribution in [3.8, 4) is 11.8 Å². The molecule has 3 unspecified atom stereocenters. The summed E-state index contributed by atoms with van der Waals surface area (Å²) in [5.74, 6) is 8.53. The molecule has 0 radical (unpaired) electrons. The van der Waals surface area contributed by atoms with Crippen LogP contribution in [-0.2, 0) is 0 Å². The van der Waals surface area contributed by atoms with E-state index in [2.05, 4.69) is 33.8 Å². The second-order valence-corrected chi connectivity index (χ2v) is 6.65. The number of hydrogen-bond acceptors (Lipinski definition) is 3. The van der Waals surface area contributed by atoms with Gasteiger partial charge in [-0.25, -0.2) is 9.97 Å². The van der Waals surface area contributed by atoms with E-state index >= 15 is 0 Å². The van der Waals surface area contributed by atoms with Crippen molar-refractivity contribution < 1.29 is 0 Å². The number of likely N-dealkylation sites (N-methyl/N-ethyl adjacent to an activating group) is 1. The summed E-state index contributed by atoms with van der Waals surface area (Å²) in [6.07, 6.45) is 7.74. The lowest BCUT2D eigenvalue weighted by molar-refractivity contribution is 0.294. The standard InChI is InChI=1S/C20H21N3/c1-23-14-18(17-8-5-9-19(17)23)20-21-12-16(13-22-20)11-10-15-6-3-2-4-7-15/h2-4,6-7,12-13,17-19H,5,8-9,14H2,1H3. The third-order valence-corrected chi connectivity index (χ3v) is 5.23. The van der Waals surface area contributed by atoms with Crippen LogP contribution in [-0.4, -0.2) is 34.5 Å². The Kier molecular flexibility index (Phi) is 3.85. The number of hydrogen-bond donors (Lipinski definition) is 0.